The Morgan fingerprint density at radius 3 is 3.14 bits per heavy atom. The Bertz CT molecular complexity index is 551. The van der Waals surface area contributed by atoms with E-state index in [4.69, 9.17) is 0 Å². The summed E-state index contributed by atoms with van der Waals surface area (Å²) in [6, 6.07) is 3.78. The lowest BCUT2D eigenvalue weighted by Crippen LogP contribution is -1.91. The van der Waals surface area contributed by atoms with Crippen LogP contribution in [0.15, 0.2) is 36.9 Å². The van der Waals surface area contributed by atoms with Crippen molar-refractivity contribution in [1.29, 1.82) is 0 Å². The van der Waals surface area contributed by atoms with E-state index in [1.165, 1.54) is 0 Å². The van der Waals surface area contributed by atoms with Gasteiger partial charge in [0.1, 0.15) is 0 Å². The van der Waals surface area contributed by atoms with Crippen molar-refractivity contribution in [2.24, 2.45) is 0 Å². The molecule has 0 saturated carbocycles. The van der Waals surface area contributed by atoms with Crippen LogP contribution in [0.3, 0.4) is 0 Å². The quantitative estimate of drug-likeness (QED) is 0.618. The van der Waals surface area contributed by atoms with Gasteiger partial charge in [-0.3, -0.25) is 5.10 Å². The summed E-state index contributed by atoms with van der Waals surface area (Å²) in [6.45, 7) is 0. The predicted octanol–water partition coefficient (Wildman–Crippen LogP) is 1.12. The van der Waals surface area contributed by atoms with Gasteiger partial charge in [0.25, 0.3) is 0 Å². The molecule has 0 fully saturated rings. The average Bonchev–Trinajstić information content (AvgIpc) is 2.85. The van der Waals surface area contributed by atoms with E-state index in [-0.39, 0.29) is 0 Å². The van der Waals surface area contributed by atoms with Crippen molar-refractivity contribution < 1.29 is 0 Å². The standard InChI is InChI=1S/C9H7N5/c1-2-9-10-6-8(14(9)13-3-1)7-4-11-12-5-7/h1-6H,(H,11,12). The van der Waals surface area contributed by atoms with Gasteiger partial charge >= 0.3 is 0 Å². The molecule has 0 radical (unpaired) electrons. The van der Waals surface area contributed by atoms with E-state index in [1.807, 2.05) is 18.3 Å². The summed E-state index contributed by atoms with van der Waals surface area (Å²) in [5.41, 5.74) is 2.76. The Labute approximate surface area is 79.4 Å². The zero-order chi connectivity index (χ0) is 9.38. The maximum absolute atomic E-state index is 4.23. The Morgan fingerprint density at radius 1 is 1.29 bits per heavy atom. The SMILES string of the molecule is c1cnn2c(-c3cn[nH]c3)cnc2c1. The molecule has 0 spiro atoms. The van der Waals surface area contributed by atoms with E-state index in [0.717, 1.165) is 16.9 Å². The first kappa shape index (κ1) is 7.25. The van der Waals surface area contributed by atoms with Gasteiger partial charge in [-0.1, -0.05) is 0 Å². The molecule has 0 bridgehead atoms. The van der Waals surface area contributed by atoms with E-state index >= 15 is 0 Å². The van der Waals surface area contributed by atoms with Crippen LogP contribution in [0, 0.1) is 0 Å². The summed E-state index contributed by atoms with van der Waals surface area (Å²) in [5, 5.41) is 10.9. The summed E-state index contributed by atoms with van der Waals surface area (Å²) in [4.78, 5) is 4.23. The molecule has 0 atom stereocenters. The topological polar surface area (TPSA) is 58.9 Å². The van der Waals surface area contributed by atoms with Gasteiger partial charge in [0, 0.05) is 18.0 Å². The zero-order valence-corrected chi connectivity index (χ0v) is 7.25. The predicted molar refractivity (Wildman–Crippen MR) is 50.6 cm³/mol. The normalized spacial score (nSPS) is 10.9. The molecule has 3 aromatic rings. The molecule has 0 aromatic carbocycles. The highest BCUT2D eigenvalue weighted by Gasteiger charge is 2.06. The number of H-pyrrole nitrogens is 1. The highest BCUT2D eigenvalue weighted by atomic mass is 15.3. The van der Waals surface area contributed by atoms with Gasteiger partial charge in [0.05, 0.1) is 18.1 Å². The minimum absolute atomic E-state index is 0.837. The van der Waals surface area contributed by atoms with Gasteiger partial charge < -0.3 is 0 Å². The number of rotatable bonds is 1. The van der Waals surface area contributed by atoms with Crippen molar-refractivity contribution >= 4 is 5.65 Å². The lowest BCUT2D eigenvalue weighted by atomic mass is 10.3. The smallest absolute Gasteiger partial charge is 0.154 e. The third kappa shape index (κ3) is 0.922. The van der Waals surface area contributed by atoms with E-state index < -0.39 is 0 Å². The summed E-state index contributed by atoms with van der Waals surface area (Å²) in [6.07, 6.45) is 7.09. The third-order valence-corrected chi connectivity index (χ3v) is 2.07. The van der Waals surface area contributed by atoms with Crippen molar-refractivity contribution in [3.8, 4) is 11.3 Å². The van der Waals surface area contributed by atoms with E-state index in [9.17, 15) is 0 Å². The van der Waals surface area contributed by atoms with Gasteiger partial charge in [-0.05, 0) is 12.1 Å². The molecule has 14 heavy (non-hydrogen) atoms. The fourth-order valence-electron chi connectivity index (χ4n) is 1.42. The van der Waals surface area contributed by atoms with Crippen LogP contribution >= 0.6 is 0 Å². The number of nitrogens with one attached hydrogen (secondary N) is 1. The summed E-state index contributed by atoms with van der Waals surface area (Å²) >= 11 is 0. The number of imidazole rings is 1. The number of fused-ring (bicyclic) bond motifs is 1. The fraction of sp³-hybridized carbons (Fsp3) is 0. The lowest BCUT2D eigenvalue weighted by Gasteiger charge is -1.94. The number of hydrogen-bond acceptors (Lipinski definition) is 3. The molecule has 0 aliphatic carbocycles. The third-order valence-electron chi connectivity index (χ3n) is 2.07. The molecule has 68 valence electrons. The minimum atomic E-state index is 0.837. The molecule has 0 aliphatic heterocycles. The fourth-order valence-corrected chi connectivity index (χ4v) is 1.42. The highest BCUT2D eigenvalue weighted by molar-refractivity contribution is 5.60. The van der Waals surface area contributed by atoms with Crippen LogP contribution in [-0.2, 0) is 0 Å². The Kier molecular flexibility index (Phi) is 1.38. The van der Waals surface area contributed by atoms with Crippen LogP contribution in [0.2, 0.25) is 0 Å². The van der Waals surface area contributed by atoms with Gasteiger partial charge in [-0.15, -0.1) is 0 Å². The number of aromatic amines is 1. The van der Waals surface area contributed by atoms with Gasteiger partial charge in [0.2, 0.25) is 0 Å². The van der Waals surface area contributed by atoms with Crippen LogP contribution in [0.25, 0.3) is 16.9 Å². The van der Waals surface area contributed by atoms with Crippen molar-refractivity contribution in [2.75, 3.05) is 0 Å². The number of hydrogen-bond donors (Lipinski definition) is 1. The Hall–Kier alpha value is -2.17. The molecule has 0 amide bonds. The van der Waals surface area contributed by atoms with E-state index in [0.29, 0.717) is 0 Å². The van der Waals surface area contributed by atoms with E-state index in [2.05, 4.69) is 20.3 Å². The maximum Gasteiger partial charge on any atom is 0.154 e. The highest BCUT2D eigenvalue weighted by Crippen LogP contribution is 2.17. The first-order valence-electron chi connectivity index (χ1n) is 4.23. The molecule has 0 saturated heterocycles. The molecule has 5 heteroatoms. The molecule has 0 aliphatic rings. The van der Waals surface area contributed by atoms with Gasteiger partial charge in [-0.2, -0.15) is 10.2 Å². The molecule has 0 unspecified atom stereocenters. The van der Waals surface area contributed by atoms with Gasteiger partial charge in [0.15, 0.2) is 5.65 Å². The Morgan fingerprint density at radius 2 is 2.29 bits per heavy atom. The average molecular weight is 185 g/mol. The first-order valence-corrected chi connectivity index (χ1v) is 4.23. The summed E-state index contributed by atoms with van der Waals surface area (Å²) in [7, 11) is 0. The summed E-state index contributed by atoms with van der Waals surface area (Å²) < 4.78 is 1.78. The first-order chi connectivity index (χ1) is 6.95. The van der Waals surface area contributed by atoms with Crippen molar-refractivity contribution in [2.45, 2.75) is 0 Å². The van der Waals surface area contributed by atoms with Crippen LogP contribution in [0.1, 0.15) is 0 Å². The van der Waals surface area contributed by atoms with E-state index in [1.54, 1.807) is 23.1 Å². The van der Waals surface area contributed by atoms with Crippen LogP contribution in [0.4, 0.5) is 0 Å². The largest absolute Gasteiger partial charge is 0.285 e. The molecule has 3 rings (SSSR count). The molecular weight excluding hydrogens is 178 g/mol. The monoisotopic (exact) mass is 185 g/mol. The lowest BCUT2D eigenvalue weighted by molar-refractivity contribution is 0.943. The molecule has 1 N–H and O–H groups in total. The Balaban J connectivity index is 2.33. The second kappa shape index (κ2) is 2.66. The van der Waals surface area contributed by atoms with Crippen LogP contribution in [-0.4, -0.2) is 24.8 Å². The minimum Gasteiger partial charge on any atom is -0.285 e. The zero-order valence-electron chi connectivity index (χ0n) is 7.25. The molecule has 3 heterocycles. The summed E-state index contributed by atoms with van der Waals surface area (Å²) in [5.74, 6) is 0. The van der Waals surface area contributed by atoms with Crippen molar-refractivity contribution in [1.82, 2.24) is 24.8 Å². The number of aromatic nitrogens is 5. The van der Waals surface area contributed by atoms with Crippen LogP contribution in [0.5, 0.6) is 0 Å². The maximum atomic E-state index is 4.23. The molecular formula is C9H7N5. The van der Waals surface area contributed by atoms with Gasteiger partial charge in [-0.25, -0.2) is 9.50 Å². The van der Waals surface area contributed by atoms with Crippen LogP contribution < -0.4 is 0 Å². The van der Waals surface area contributed by atoms with Crippen molar-refractivity contribution in [3.63, 3.8) is 0 Å². The molecule has 3 aromatic heterocycles. The second-order valence-corrected chi connectivity index (χ2v) is 2.92. The number of nitrogens with zero attached hydrogens (tertiary/aromatic N) is 4. The molecule has 5 nitrogen and oxygen atoms in total. The second-order valence-electron chi connectivity index (χ2n) is 2.92. The van der Waals surface area contributed by atoms with Crippen molar-refractivity contribution in [3.05, 3.63) is 36.9 Å².